The quantitative estimate of drug-likeness (QED) is 0.803. The van der Waals surface area contributed by atoms with Crippen LogP contribution in [0.2, 0.25) is 0 Å². The first-order valence-corrected chi connectivity index (χ1v) is 5.66. The second-order valence-electron chi connectivity index (χ2n) is 4.13. The van der Waals surface area contributed by atoms with Gasteiger partial charge < -0.3 is 5.32 Å². The van der Waals surface area contributed by atoms with E-state index in [0.717, 1.165) is 6.54 Å². The summed E-state index contributed by atoms with van der Waals surface area (Å²) in [4.78, 5) is 5.63. The minimum atomic E-state index is 0.402. The van der Waals surface area contributed by atoms with Gasteiger partial charge in [0.05, 0.1) is 0 Å². The van der Waals surface area contributed by atoms with Crippen molar-refractivity contribution < 1.29 is 0 Å². The van der Waals surface area contributed by atoms with Gasteiger partial charge in [0, 0.05) is 23.2 Å². The number of thiazole rings is 1. The highest BCUT2D eigenvalue weighted by atomic mass is 32.1. The lowest BCUT2D eigenvalue weighted by Gasteiger charge is -2.39. The molecule has 0 radical (unpaired) electrons. The molecule has 0 aromatic carbocycles. The summed E-state index contributed by atoms with van der Waals surface area (Å²) in [6.07, 6.45) is 5.96. The van der Waals surface area contributed by atoms with Crippen LogP contribution in [0.4, 0.5) is 0 Å². The topological polar surface area (TPSA) is 24.9 Å². The zero-order valence-electron chi connectivity index (χ0n) is 8.26. The number of rotatable bonds is 3. The summed E-state index contributed by atoms with van der Waals surface area (Å²) >= 11 is 1.79. The lowest BCUT2D eigenvalue weighted by atomic mass is 9.78. The van der Waals surface area contributed by atoms with Crippen LogP contribution in [0.25, 0.3) is 0 Å². The SMILES string of the molecule is Cc1cnc(CNC2(C)CCC2)s1. The first-order valence-electron chi connectivity index (χ1n) is 4.84. The third kappa shape index (κ3) is 2.09. The van der Waals surface area contributed by atoms with E-state index in [-0.39, 0.29) is 0 Å². The monoisotopic (exact) mass is 196 g/mol. The molecule has 0 saturated heterocycles. The Kier molecular flexibility index (Phi) is 2.39. The van der Waals surface area contributed by atoms with Crippen molar-refractivity contribution in [3.05, 3.63) is 16.1 Å². The summed E-state index contributed by atoms with van der Waals surface area (Å²) in [7, 11) is 0. The van der Waals surface area contributed by atoms with E-state index in [4.69, 9.17) is 0 Å². The highest BCUT2D eigenvalue weighted by Gasteiger charge is 2.30. The molecule has 72 valence electrons. The van der Waals surface area contributed by atoms with E-state index in [1.807, 2.05) is 6.20 Å². The molecule has 0 atom stereocenters. The summed E-state index contributed by atoms with van der Waals surface area (Å²) in [6.45, 7) is 5.35. The molecule has 1 aromatic heterocycles. The van der Waals surface area contributed by atoms with Crippen molar-refractivity contribution in [2.24, 2.45) is 0 Å². The van der Waals surface area contributed by atoms with Crippen LogP contribution in [0.15, 0.2) is 6.20 Å². The van der Waals surface area contributed by atoms with Crippen LogP contribution in [-0.2, 0) is 6.54 Å². The summed E-state index contributed by atoms with van der Waals surface area (Å²) in [5.41, 5.74) is 0.402. The summed E-state index contributed by atoms with van der Waals surface area (Å²) in [5.74, 6) is 0. The van der Waals surface area contributed by atoms with E-state index in [0.29, 0.717) is 5.54 Å². The average Bonchev–Trinajstić information content (AvgIpc) is 2.44. The molecule has 1 heterocycles. The number of aryl methyl sites for hydroxylation is 1. The van der Waals surface area contributed by atoms with Crippen LogP contribution in [0.1, 0.15) is 36.1 Å². The maximum Gasteiger partial charge on any atom is 0.107 e. The molecule has 2 rings (SSSR count). The molecule has 1 saturated carbocycles. The summed E-state index contributed by atoms with van der Waals surface area (Å²) in [6, 6.07) is 0. The number of hydrogen-bond donors (Lipinski definition) is 1. The molecule has 1 N–H and O–H groups in total. The van der Waals surface area contributed by atoms with Crippen LogP contribution in [-0.4, -0.2) is 10.5 Å². The molecule has 1 aliphatic carbocycles. The van der Waals surface area contributed by atoms with Crippen LogP contribution in [0.3, 0.4) is 0 Å². The normalized spacial score (nSPS) is 19.8. The summed E-state index contributed by atoms with van der Waals surface area (Å²) < 4.78 is 0. The Hall–Kier alpha value is -0.410. The van der Waals surface area contributed by atoms with Crippen LogP contribution in [0.5, 0.6) is 0 Å². The van der Waals surface area contributed by atoms with Crippen molar-refractivity contribution in [2.45, 2.75) is 45.2 Å². The van der Waals surface area contributed by atoms with E-state index in [9.17, 15) is 0 Å². The Labute approximate surface area is 83.4 Å². The van der Waals surface area contributed by atoms with Gasteiger partial charge in [-0.2, -0.15) is 0 Å². The van der Waals surface area contributed by atoms with Crippen LogP contribution < -0.4 is 5.32 Å². The van der Waals surface area contributed by atoms with Gasteiger partial charge >= 0.3 is 0 Å². The van der Waals surface area contributed by atoms with E-state index < -0.39 is 0 Å². The third-order valence-corrected chi connectivity index (χ3v) is 3.71. The molecule has 1 aromatic rings. The van der Waals surface area contributed by atoms with Gasteiger partial charge in [0.25, 0.3) is 0 Å². The molecule has 0 aliphatic heterocycles. The van der Waals surface area contributed by atoms with Gasteiger partial charge in [-0.15, -0.1) is 11.3 Å². The smallest absolute Gasteiger partial charge is 0.107 e. The molecule has 0 amide bonds. The summed E-state index contributed by atoms with van der Waals surface area (Å²) in [5, 5.41) is 4.79. The zero-order valence-corrected chi connectivity index (χ0v) is 9.08. The maximum atomic E-state index is 4.33. The van der Waals surface area contributed by atoms with Crippen molar-refractivity contribution in [3.63, 3.8) is 0 Å². The Morgan fingerprint density at radius 1 is 1.62 bits per heavy atom. The van der Waals surface area contributed by atoms with E-state index >= 15 is 0 Å². The first kappa shape index (κ1) is 9.16. The second-order valence-corrected chi connectivity index (χ2v) is 5.45. The minimum absolute atomic E-state index is 0.402. The lowest BCUT2D eigenvalue weighted by molar-refractivity contribution is 0.207. The molecule has 1 aliphatic rings. The van der Waals surface area contributed by atoms with Gasteiger partial charge in [0.1, 0.15) is 5.01 Å². The molecule has 0 unspecified atom stereocenters. The van der Waals surface area contributed by atoms with Gasteiger partial charge in [0.2, 0.25) is 0 Å². The lowest BCUT2D eigenvalue weighted by Crippen LogP contribution is -2.47. The fraction of sp³-hybridized carbons (Fsp3) is 0.700. The number of nitrogens with one attached hydrogen (secondary N) is 1. The van der Waals surface area contributed by atoms with E-state index in [2.05, 4.69) is 24.1 Å². The van der Waals surface area contributed by atoms with Crippen LogP contribution in [0, 0.1) is 6.92 Å². The van der Waals surface area contributed by atoms with Gasteiger partial charge in [-0.25, -0.2) is 4.98 Å². The van der Waals surface area contributed by atoms with E-state index in [1.54, 1.807) is 11.3 Å². The Balaban J connectivity index is 1.85. The van der Waals surface area contributed by atoms with Gasteiger partial charge in [-0.1, -0.05) is 0 Å². The maximum absolute atomic E-state index is 4.33. The molecule has 3 heteroatoms. The first-order chi connectivity index (χ1) is 6.18. The zero-order chi connectivity index (χ0) is 9.31. The molecule has 1 fully saturated rings. The predicted octanol–water partition coefficient (Wildman–Crippen LogP) is 2.48. The van der Waals surface area contributed by atoms with Gasteiger partial charge in [-0.3, -0.25) is 0 Å². The standard InChI is InChI=1S/C10H16N2S/c1-8-6-11-9(13-8)7-12-10(2)4-3-5-10/h6,12H,3-5,7H2,1-2H3. The molecule has 0 bridgehead atoms. The fourth-order valence-corrected chi connectivity index (χ4v) is 2.38. The van der Waals surface area contributed by atoms with Crippen molar-refractivity contribution in [1.29, 1.82) is 0 Å². The molecular formula is C10H16N2S. The average molecular weight is 196 g/mol. The number of aromatic nitrogens is 1. The highest BCUT2D eigenvalue weighted by Crippen LogP contribution is 2.31. The second kappa shape index (κ2) is 3.39. The predicted molar refractivity (Wildman–Crippen MR) is 55.9 cm³/mol. The van der Waals surface area contributed by atoms with Crippen molar-refractivity contribution in [3.8, 4) is 0 Å². The Morgan fingerprint density at radius 3 is 2.85 bits per heavy atom. The molecule has 13 heavy (non-hydrogen) atoms. The number of nitrogens with zero attached hydrogens (tertiary/aromatic N) is 1. The Morgan fingerprint density at radius 2 is 2.38 bits per heavy atom. The fourth-order valence-electron chi connectivity index (χ4n) is 1.66. The largest absolute Gasteiger partial charge is 0.305 e. The van der Waals surface area contributed by atoms with Gasteiger partial charge in [0.15, 0.2) is 0 Å². The van der Waals surface area contributed by atoms with Crippen molar-refractivity contribution in [1.82, 2.24) is 10.3 Å². The van der Waals surface area contributed by atoms with E-state index in [1.165, 1.54) is 29.1 Å². The number of hydrogen-bond acceptors (Lipinski definition) is 3. The molecule has 2 nitrogen and oxygen atoms in total. The molecule has 0 spiro atoms. The highest BCUT2D eigenvalue weighted by molar-refractivity contribution is 7.11. The Bertz CT molecular complexity index is 289. The van der Waals surface area contributed by atoms with Gasteiger partial charge in [-0.05, 0) is 33.1 Å². The van der Waals surface area contributed by atoms with Crippen molar-refractivity contribution >= 4 is 11.3 Å². The molecular weight excluding hydrogens is 180 g/mol. The van der Waals surface area contributed by atoms with Crippen molar-refractivity contribution in [2.75, 3.05) is 0 Å². The van der Waals surface area contributed by atoms with Crippen LogP contribution >= 0.6 is 11.3 Å². The third-order valence-electron chi connectivity index (χ3n) is 2.79. The minimum Gasteiger partial charge on any atom is -0.305 e.